The van der Waals surface area contributed by atoms with Crippen LogP contribution in [0.3, 0.4) is 0 Å². The molecule has 2 rings (SSSR count). The molecule has 0 spiro atoms. The summed E-state index contributed by atoms with van der Waals surface area (Å²) >= 11 is 0. The lowest BCUT2D eigenvalue weighted by atomic mass is 10.1. The first-order chi connectivity index (χ1) is 8.58. The third-order valence-electron chi connectivity index (χ3n) is 2.73. The predicted octanol–water partition coefficient (Wildman–Crippen LogP) is 1.41. The lowest BCUT2D eigenvalue weighted by Gasteiger charge is -1.97. The molecule has 0 unspecified atom stereocenters. The lowest BCUT2D eigenvalue weighted by Crippen LogP contribution is -2.15. The molecule has 18 heavy (non-hydrogen) atoms. The van der Waals surface area contributed by atoms with E-state index in [9.17, 15) is 9.59 Å². The Morgan fingerprint density at radius 2 is 2.11 bits per heavy atom. The summed E-state index contributed by atoms with van der Waals surface area (Å²) in [5.41, 5.74) is 1.46. The van der Waals surface area contributed by atoms with Gasteiger partial charge in [0.15, 0.2) is 0 Å². The molecule has 0 aliphatic heterocycles. The maximum atomic E-state index is 11.8. The molecular formula is C13H10N2O3. The number of carbonyl (C=O) groups excluding carboxylic acids is 2. The van der Waals surface area contributed by atoms with Crippen molar-refractivity contribution in [2.24, 2.45) is 7.05 Å². The number of nitriles is 1. The molecule has 0 saturated heterocycles. The van der Waals surface area contributed by atoms with Gasteiger partial charge in [-0.05, 0) is 18.2 Å². The van der Waals surface area contributed by atoms with Gasteiger partial charge in [-0.15, -0.1) is 0 Å². The highest BCUT2D eigenvalue weighted by Crippen LogP contribution is 2.22. The maximum absolute atomic E-state index is 11.8. The molecule has 0 aliphatic carbocycles. The Balaban J connectivity index is 2.68. The number of hydrogen-bond donors (Lipinski definition) is 0. The molecule has 5 nitrogen and oxygen atoms in total. The summed E-state index contributed by atoms with van der Waals surface area (Å²) in [6.07, 6.45) is 1.56. The molecule has 1 aromatic heterocycles. The number of Topliss-reactive ketones (excluding diaryl/α,β-unsaturated/α-hetero) is 1. The summed E-state index contributed by atoms with van der Waals surface area (Å²) in [5, 5.41) is 9.43. The van der Waals surface area contributed by atoms with Crippen LogP contribution in [0.25, 0.3) is 10.9 Å². The van der Waals surface area contributed by atoms with E-state index in [0.717, 1.165) is 12.6 Å². The molecule has 1 heterocycles. The zero-order valence-corrected chi connectivity index (χ0v) is 9.93. The molecule has 2 aromatic rings. The van der Waals surface area contributed by atoms with E-state index in [1.807, 2.05) is 6.07 Å². The molecule has 5 heteroatoms. The van der Waals surface area contributed by atoms with Crippen LogP contribution in [0.5, 0.6) is 0 Å². The molecule has 0 fully saturated rings. The van der Waals surface area contributed by atoms with Crippen LogP contribution in [0.4, 0.5) is 0 Å². The van der Waals surface area contributed by atoms with Gasteiger partial charge in [0, 0.05) is 24.1 Å². The number of ketones is 1. The minimum absolute atomic E-state index is 0.247. The van der Waals surface area contributed by atoms with Gasteiger partial charge in [-0.2, -0.15) is 5.26 Å². The third-order valence-corrected chi connectivity index (χ3v) is 2.73. The van der Waals surface area contributed by atoms with Gasteiger partial charge in [-0.25, -0.2) is 4.79 Å². The number of aryl methyl sites for hydroxylation is 1. The fraction of sp³-hybridized carbons (Fsp3) is 0.154. The number of esters is 1. The van der Waals surface area contributed by atoms with Gasteiger partial charge in [-0.1, -0.05) is 0 Å². The fourth-order valence-electron chi connectivity index (χ4n) is 1.85. The van der Waals surface area contributed by atoms with Crippen LogP contribution in [0.15, 0.2) is 24.4 Å². The Labute approximate surface area is 103 Å². The van der Waals surface area contributed by atoms with E-state index in [2.05, 4.69) is 4.74 Å². The van der Waals surface area contributed by atoms with E-state index in [0.29, 0.717) is 10.9 Å². The second-order valence-corrected chi connectivity index (χ2v) is 3.82. The van der Waals surface area contributed by atoms with Crippen molar-refractivity contribution in [2.75, 3.05) is 7.11 Å². The van der Waals surface area contributed by atoms with E-state index in [4.69, 9.17) is 5.26 Å². The van der Waals surface area contributed by atoms with Gasteiger partial charge in [0.2, 0.25) is 0 Å². The quantitative estimate of drug-likeness (QED) is 0.453. The average Bonchev–Trinajstić information content (AvgIpc) is 2.73. The predicted molar refractivity (Wildman–Crippen MR) is 64.0 cm³/mol. The number of methoxy groups -OCH3 is 1. The number of fused-ring (bicyclic) bond motifs is 1. The summed E-state index contributed by atoms with van der Waals surface area (Å²) in [7, 11) is 2.93. The number of rotatable bonds is 2. The molecule has 0 N–H and O–H groups in total. The van der Waals surface area contributed by atoms with Gasteiger partial charge in [-0.3, -0.25) is 4.79 Å². The summed E-state index contributed by atoms with van der Waals surface area (Å²) < 4.78 is 6.15. The van der Waals surface area contributed by atoms with Crippen LogP contribution in [0.1, 0.15) is 15.9 Å². The molecule has 0 amide bonds. The molecule has 0 aliphatic rings. The number of carbonyl (C=O) groups is 2. The van der Waals surface area contributed by atoms with Crippen molar-refractivity contribution in [3.8, 4) is 6.07 Å². The first-order valence-electron chi connectivity index (χ1n) is 5.20. The summed E-state index contributed by atoms with van der Waals surface area (Å²) in [4.78, 5) is 23.1. The largest absolute Gasteiger partial charge is 0.463 e. The minimum Gasteiger partial charge on any atom is -0.463 e. The Hall–Kier alpha value is -2.61. The highest BCUT2D eigenvalue weighted by Gasteiger charge is 2.21. The van der Waals surface area contributed by atoms with Crippen LogP contribution in [0.2, 0.25) is 0 Å². The van der Waals surface area contributed by atoms with Gasteiger partial charge in [0.1, 0.15) is 0 Å². The highest BCUT2D eigenvalue weighted by atomic mass is 16.5. The van der Waals surface area contributed by atoms with E-state index in [1.54, 1.807) is 36.0 Å². The Morgan fingerprint density at radius 3 is 2.72 bits per heavy atom. The lowest BCUT2D eigenvalue weighted by molar-refractivity contribution is -0.135. The first-order valence-corrected chi connectivity index (χ1v) is 5.20. The molecule has 0 atom stereocenters. The molecule has 0 bridgehead atoms. The summed E-state index contributed by atoms with van der Waals surface area (Å²) in [5.74, 6) is -1.62. The van der Waals surface area contributed by atoms with Crippen molar-refractivity contribution in [3.05, 3.63) is 35.5 Å². The van der Waals surface area contributed by atoms with Crippen LogP contribution in [-0.4, -0.2) is 23.4 Å². The fourth-order valence-corrected chi connectivity index (χ4v) is 1.85. The van der Waals surface area contributed by atoms with Crippen molar-refractivity contribution in [3.63, 3.8) is 0 Å². The van der Waals surface area contributed by atoms with Crippen LogP contribution in [-0.2, 0) is 16.6 Å². The minimum atomic E-state index is -0.912. The zero-order chi connectivity index (χ0) is 13.3. The number of aromatic nitrogens is 1. The van der Waals surface area contributed by atoms with Crippen LogP contribution in [0, 0.1) is 11.3 Å². The zero-order valence-electron chi connectivity index (χ0n) is 9.93. The van der Waals surface area contributed by atoms with Crippen LogP contribution >= 0.6 is 0 Å². The van der Waals surface area contributed by atoms with Crippen molar-refractivity contribution in [2.45, 2.75) is 0 Å². The standard InChI is InChI=1S/C13H10N2O3/c1-15-7-10(12(16)13(17)18-2)9-5-8(6-14)3-4-11(9)15/h3-5,7H,1-2H3. The number of hydrogen-bond acceptors (Lipinski definition) is 4. The highest BCUT2D eigenvalue weighted by molar-refractivity contribution is 6.43. The number of nitrogens with zero attached hydrogens (tertiary/aromatic N) is 2. The monoisotopic (exact) mass is 242 g/mol. The van der Waals surface area contributed by atoms with E-state index in [1.165, 1.54) is 0 Å². The third kappa shape index (κ3) is 1.74. The summed E-state index contributed by atoms with van der Waals surface area (Å²) in [6.45, 7) is 0. The molecule has 90 valence electrons. The van der Waals surface area contributed by atoms with Crippen molar-refractivity contribution in [1.82, 2.24) is 4.57 Å². The Bertz CT molecular complexity index is 692. The Kier molecular flexibility index (Phi) is 2.86. The SMILES string of the molecule is COC(=O)C(=O)c1cn(C)c2ccc(C#N)cc12. The van der Waals surface area contributed by atoms with E-state index in [-0.39, 0.29) is 5.56 Å². The molecular weight excluding hydrogens is 232 g/mol. The van der Waals surface area contributed by atoms with Crippen molar-refractivity contribution < 1.29 is 14.3 Å². The van der Waals surface area contributed by atoms with E-state index >= 15 is 0 Å². The molecule has 1 aromatic carbocycles. The second-order valence-electron chi connectivity index (χ2n) is 3.82. The molecule has 0 radical (unpaired) electrons. The first kappa shape index (κ1) is 11.9. The van der Waals surface area contributed by atoms with Gasteiger partial charge < -0.3 is 9.30 Å². The number of ether oxygens (including phenoxy) is 1. The van der Waals surface area contributed by atoms with Gasteiger partial charge in [0.25, 0.3) is 5.78 Å². The number of benzene rings is 1. The van der Waals surface area contributed by atoms with Crippen LogP contribution < -0.4 is 0 Å². The van der Waals surface area contributed by atoms with Gasteiger partial charge in [0.05, 0.1) is 24.3 Å². The maximum Gasteiger partial charge on any atom is 0.379 e. The normalized spacial score (nSPS) is 10.1. The van der Waals surface area contributed by atoms with Gasteiger partial charge >= 0.3 is 5.97 Å². The second kappa shape index (κ2) is 4.34. The van der Waals surface area contributed by atoms with Crippen molar-refractivity contribution >= 4 is 22.7 Å². The molecule has 0 saturated carbocycles. The van der Waals surface area contributed by atoms with E-state index < -0.39 is 11.8 Å². The summed E-state index contributed by atoms with van der Waals surface area (Å²) in [6, 6.07) is 6.99. The van der Waals surface area contributed by atoms with Crippen molar-refractivity contribution in [1.29, 1.82) is 5.26 Å². The average molecular weight is 242 g/mol. The smallest absolute Gasteiger partial charge is 0.379 e. The topological polar surface area (TPSA) is 72.1 Å². The Morgan fingerprint density at radius 1 is 1.39 bits per heavy atom.